The Morgan fingerprint density at radius 3 is 1.91 bits per heavy atom. The van der Waals surface area contributed by atoms with Gasteiger partial charge in [-0.25, -0.2) is 0 Å². The first-order chi connectivity index (χ1) is 15.8. The largest absolute Gasteiger partial charge is 0.381 e. The van der Waals surface area contributed by atoms with Crippen LogP contribution in [-0.4, -0.2) is 33.0 Å². The van der Waals surface area contributed by atoms with Gasteiger partial charge in [0.05, 0.1) is 0 Å². The number of hydrogen-bond donors (Lipinski definition) is 2. The van der Waals surface area contributed by atoms with Crippen LogP contribution in [0.1, 0.15) is 81.1 Å². The summed E-state index contributed by atoms with van der Waals surface area (Å²) in [5, 5.41) is 24.3. The van der Waals surface area contributed by atoms with Crippen LogP contribution >= 0.6 is 0 Å². The molecule has 1 fully saturated rings. The van der Waals surface area contributed by atoms with Crippen LogP contribution in [0.2, 0.25) is 0 Å². The Labute approximate surface area is 205 Å². The fourth-order valence-corrected chi connectivity index (χ4v) is 6.89. The summed E-state index contributed by atoms with van der Waals surface area (Å²) >= 11 is 0. The van der Waals surface area contributed by atoms with Crippen molar-refractivity contribution in [2.45, 2.75) is 92.3 Å². The second-order valence-corrected chi connectivity index (χ2v) is 11.8. The van der Waals surface area contributed by atoms with Crippen molar-refractivity contribution in [2.75, 3.05) is 0 Å². The molecule has 0 heterocycles. The molecule has 0 aromatic carbocycles. The first kappa shape index (κ1) is 26.8. The van der Waals surface area contributed by atoms with E-state index in [1.54, 1.807) is 6.08 Å². The van der Waals surface area contributed by atoms with E-state index >= 15 is 0 Å². The zero-order valence-electron chi connectivity index (χ0n) is 22.3. The number of rotatable bonds is 8. The third kappa shape index (κ3) is 4.22. The van der Waals surface area contributed by atoms with Gasteiger partial charge in [-0.2, -0.15) is 0 Å². The maximum atomic E-state index is 13.9. The van der Waals surface area contributed by atoms with Crippen molar-refractivity contribution in [3.8, 4) is 0 Å². The van der Waals surface area contributed by atoms with E-state index in [2.05, 4.69) is 12.2 Å². The van der Waals surface area contributed by atoms with Gasteiger partial charge in [-0.05, 0) is 85.1 Å². The van der Waals surface area contributed by atoms with E-state index in [1.165, 1.54) is 11.1 Å². The van der Waals surface area contributed by atoms with Gasteiger partial charge in [0, 0.05) is 23.7 Å². The van der Waals surface area contributed by atoms with Gasteiger partial charge in [0.1, 0.15) is 11.2 Å². The lowest BCUT2D eigenvalue weighted by atomic mass is 9.43. The summed E-state index contributed by atoms with van der Waals surface area (Å²) in [6.07, 6.45) is 10.8. The molecule has 188 valence electrons. The molecule has 8 atom stereocenters. The van der Waals surface area contributed by atoms with Crippen molar-refractivity contribution >= 4 is 11.6 Å². The lowest BCUT2D eigenvalue weighted by Gasteiger charge is -2.61. The number of hydrogen-bond acceptors (Lipinski definition) is 4. The van der Waals surface area contributed by atoms with Gasteiger partial charge in [-0.1, -0.05) is 54.4 Å². The molecule has 0 aromatic heterocycles. The Balaban J connectivity index is 2.07. The first-order valence-electron chi connectivity index (χ1n) is 12.9. The van der Waals surface area contributed by atoms with Crippen molar-refractivity contribution < 1.29 is 19.8 Å². The second kappa shape index (κ2) is 9.70. The van der Waals surface area contributed by atoms with Gasteiger partial charge >= 0.3 is 0 Å². The monoisotopic (exact) mass is 468 g/mol. The molecule has 0 amide bonds. The summed E-state index contributed by atoms with van der Waals surface area (Å²) in [7, 11) is 0. The van der Waals surface area contributed by atoms with Crippen molar-refractivity contribution in [3.05, 3.63) is 46.6 Å². The molecule has 0 aliphatic heterocycles. The SMILES string of the molecule is CC(C)=CCC[C@H](C)[C@@]1(O)C(=O)C=C(C)[C@H]2[C@@H]3C(=O)[C@](O)([C@@H](C)CCC=C(C)C)[C@@H](C=C3C)[C@H]21. The number of ketones is 2. The average Bonchev–Trinajstić information content (AvgIpc) is 2.74. The van der Waals surface area contributed by atoms with E-state index in [1.807, 2.05) is 61.5 Å². The smallest absolute Gasteiger partial charge is 0.187 e. The van der Waals surface area contributed by atoms with Gasteiger partial charge in [0.25, 0.3) is 0 Å². The Morgan fingerprint density at radius 2 is 1.41 bits per heavy atom. The van der Waals surface area contributed by atoms with E-state index in [0.29, 0.717) is 12.8 Å². The summed E-state index contributed by atoms with van der Waals surface area (Å²) in [5.74, 6) is -2.81. The molecule has 4 aliphatic carbocycles. The summed E-state index contributed by atoms with van der Waals surface area (Å²) in [4.78, 5) is 27.3. The molecule has 4 nitrogen and oxygen atoms in total. The fourth-order valence-electron chi connectivity index (χ4n) is 6.89. The van der Waals surface area contributed by atoms with Gasteiger partial charge in [0.15, 0.2) is 11.6 Å². The highest BCUT2D eigenvalue weighted by Gasteiger charge is 2.69. The minimum atomic E-state index is -1.60. The fraction of sp³-hybridized carbons (Fsp3) is 0.667. The van der Waals surface area contributed by atoms with Crippen LogP contribution in [0.4, 0.5) is 0 Å². The predicted molar refractivity (Wildman–Crippen MR) is 137 cm³/mol. The molecule has 0 aromatic rings. The predicted octanol–water partition coefficient (Wildman–Crippen LogP) is 5.75. The normalized spacial score (nSPS) is 36.3. The number of aliphatic hydroxyl groups is 2. The molecule has 2 N–H and O–H groups in total. The maximum Gasteiger partial charge on any atom is 0.187 e. The van der Waals surface area contributed by atoms with Crippen LogP contribution in [-0.2, 0) is 9.59 Å². The number of carbonyl (C=O) groups excluding carboxylic acids is 2. The third-order valence-electron chi connectivity index (χ3n) is 8.85. The third-order valence-corrected chi connectivity index (χ3v) is 8.85. The minimum absolute atomic E-state index is 0.134. The number of carbonyl (C=O) groups is 2. The van der Waals surface area contributed by atoms with E-state index in [0.717, 1.165) is 24.0 Å². The van der Waals surface area contributed by atoms with Crippen LogP contribution in [0.15, 0.2) is 46.6 Å². The molecule has 0 radical (unpaired) electrons. The van der Waals surface area contributed by atoms with Gasteiger partial charge < -0.3 is 10.2 Å². The second-order valence-electron chi connectivity index (χ2n) is 11.8. The highest BCUT2D eigenvalue weighted by molar-refractivity contribution is 6.02. The molecule has 1 saturated carbocycles. The summed E-state index contributed by atoms with van der Waals surface area (Å²) in [6, 6.07) is 0. The van der Waals surface area contributed by atoms with Gasteiger partial charge in [0.2, 0.25) is 0 Å². The number of allylic oxidation sites excluding steroid dienone is 6. The lowest BCUT2D eigenvalue weighted by molar-refractivity contribution is -0.198. The highest BCUT2D eigenvalue weighted by atomic mass is 16.3. The topological polar surface area (TPSA) is 74.6 Å². The summed E-state index contributed by atoms with van der Waals surface area (Å²) < 4.78 is 0. The van der Waals surface area contributed by atoms with Gasteiger partial charge in [-0.15, -0.1) is 0 Å². The van der Waals surface area contributed by atoms with E-state index in [4.69, 9.17) is 0 Å². The molecule has 4 aliphatic rings. The standard InChI is InChI=1S/C30H44O4/c1-17(2)11-9-13-21(7)29(33)23-15-19(5)26(28(29)32)25-20(6)16-24(31)30(34,27(23)25)22(8)14-10-12-18(3)4/h11-12,15-16,21-23,25-27,33-34H,9-10,13-14H2,1-8H3/t21-,22-,23-,25-,26+,27+,29-,30+/m0/s1. The Morgan fingerprint density at radius 1 is 0.912 bits per heavy atom. The summed E-state index contributed by atoms with van der Waals surface area (Å²) in [6.45, 7) is 15.9. The Hall–Kier alpha value is -1.78. The van der Waals surface area contributed by atoms with E-state index in [-0.39, 0.29) is 29.3 Å². The number of fused-ring (bicyclic) bond motifs is 1. The van der Waals surface area contributed by atoms with Crippen LogP contribution in [0, 0.1) is 35.5 Å². The lowest BCUT2D eigenvalue weighted by Crippen LogP contribution is -2.71. The molecule has 0 spiro atoms. The maximum absolute atomic E-state index is 13.9. The van der Waals surface area contributed by atoms with Crippen molar-refractivity contribution in [1.82, 2.24) is 0 Å². The van der Waals surface area contributed by atoms with Crippen molar-refractivity contribution in [1.29, 1.82) is 0 Å². The Bertz CT molecular complexity index is 958. The van der Waals surface area contributed by atoms with Gasteiger partial charge in [-0.3, -0.25) is 9.59 Å². The Kier molecular flexibility index (Phi) is 7.65. The molecule has 4 rings (SSSR count). The molecule has 34 heavy (non-hydrogen) atoms. The van der Waals surface area contributed by atoms with Crippen LogP contribution in [0.5, 0.6) is 0 Å². The molecular weight excluding hydrogens is 424 g/mol. The molecule has 4 heteroatoms. The number of Topliss-reactive ketones (excluding diaryl/α,β-unsaturated/α-hetero) is 1. The zero-order valence-corrected chi connectivity index (χ0v) is 22.3. The van der Waals surface area contributed by atoms with Crippen molar-refractivity contribution in [3.63, 3.8) is 0 Å². The average molecular weight is 469 g/mol. The summed E-state index contributed by atoms with van der Waals surface area (Å²) in [5.41, 5.74) is 1.05. The molecule has 0 saturated heterocycles. The van der Waals surface area contributed by atoms with Crippen LogP contribution in [0.25, 0.3) is 0 Å². The van der Waals surface area contributed by atoms with Crippen molar-refractivity contribution in [2.24, 2.45) is 35.5 Å². The quantitative estimate of drug-likeness (QED) is 0.445. The van der Waals surface area contributed by atoms with Crippen LogP contribution < -0.4 is 0 Å². The molecular formula is C30H44O4. The zero-order chi connectivity index (χ0) is 25.6. The molecule has 2 bridgehead atoms. The van der Waals surface area contributed by atoms with Crippen LogP contribution in [0.3, 0.4) is 0 Å². The molecule has 0 unspecified atom stereocenters. The minimum Gasteiger partial charge on any atom is -0.381 e. The first-order valence-corrected chi connectivity index (χ1v) is 12.9. The van der Waals surface area contributed by atoms with E-state index < -0.39 is 29.0 Å². The highest BCUT2D eigenvalue weighted by Crippen LogP contribution is 2.61. The van der Waals surface area contributed by atoms with E-state index in [9.17, 15) is 19.8 Å².